The van der Waals surface area contributed by atoms with Crippen molar-refractivity contribution in [3.63, 3.8) is 0 Å². The van der Waals surface area contributed by atoms with Crippen LogP contribution in [0.3, 0.4) is 0 Å². The minimum atomic E-state index is -0.742. The molecule has 8 aromatic carbocycles. The third kappa shape index (κ3) is 14.5. The molecule has 0 fully saturated rings. The fourth-order valence-electron chi connectivity index (χ4n) is 11.5. The molecule has 0 atom stereocenters. The van der Waals surface area contributed by atoms with Crippen LogP contribution in [-0.2, 0) is 21.7 Å². The molecule has 0 spiro atoms. The summed E-state index contributed by atoms with van der Waals surface area (Å²) < 4.78 is 11.1. The van der Waals surface area contributed by atoms with Crippen LogP contribution in [0.15, 0.2) is 170 Å². The molecule has 4 heterocycles. The summed E-state index contributed by atoms with van der Waals surface area (Å²) >= 11 is 0. The summed E-state index contributed by atoms with van der Waals surface area (Å²) in [6.07, 6.45) is 0. The van der Waals surface area contributed by atoms with Gasteiger partial charge in [0, 0.05) is 163 Å². The lowest BCUT2D eigenvalue weighted by molar-refractivity contribution is -0.540. The summed E-state index contributed by atoms with van der Waals surface area (Å²) in [4.78, 5) is 29.1. The average molecular weight is 1240 g/mol. The smallest absolute Gasteiger partial charge is 0.259 e. The zero-order valence-electron chi connectivity index (χ0n) is 59.4. The number of anilines is 2. The lowest BCUT2D eigenvalue weighted by atomic mass is 9.86. The van der Waals surface area contributed by atoms with Crippen LogP contribution in [0.1, 0.15) is 188 Å². The van der Waals surface area contributed by atoms with E-state index in [4.69, 9.17) is 0 Å². The van der Waals surface area contributed by atoms with Crippen molar-refractivity contribution in [2.45, 2.75) is 210 Å². The Kier molecular flexibility index (Phi) is 17.7. The number of rotatable bonds is 8. The maximum atomic E-state index is 14.6. The topological polar surface area (TPSA) is 112 Å². The van der Waals surface area contributed by atoms with Gasteiger partial charge in [-0.3, -0.25) is 0 Å². The molecular weight excluding hydrogens is 1140 g/mol. The van der Waals surface area contributed by atoms with E-state index in [1.54, 1.807) is 0 Å². The van der Waals surface area contributed by atoms with Crippen molar-refractivity contribution in [2.75, 3.05) is 10.1 Å². The minimum Gasteiger partial charge on any atom is -0.758 e. The highest BCUT2D eigenvalue weighted by Crippen LogP contribution is 2.39. The fourth-order valence-corrected chi connectivity index (χ4v) is 11.5. The van der Waals surface area contributed by atoms with Crippen molar-refractivity contribution in [1.82, 2.24) is 18.3 Å². The van der Waals surface area contributed by atoms with Crippen LogP contribution in [-0.4, -0.2) is 49.9 Å². The van der Waals surface area contributed by atoms with Crippen molar-refractivity contribution >= 4 is 66.9 Å². The summed E-state index contributed by atoms with van der Waals surface area (Å²) in [5.74, 6) is 0. The Morgan fingerprint density at radius 1 is 0.283 bits per heavy atom. The molecule has 92 heavy (non-hydrogen) atoms. The highest BCUT2D eigenvalue weighted by Gasteiger charge is 2.35. The van der Waals surface area contributed by atoms with Gasteiger partial charge in [0.25, 0.3) is 11.4 Å². The molecule has 12 nitrogen and oxygen atoms in total. The Morgan fingerprint density at radius 2 is 0.511 bits per heavy atom. The summed E-state index contributed by atoms with van der Waals surface area (Å²) in [5, 5.41) is 31.3. The van der Waals surface area contributed by atoms with E-state index in [2.05, 4.69) is 223 Å². The molecule has 0 amide bonds. The van der Waals surface area contributed by atoms with Crippen LogP contribution in [0.4, 0.5) is 22.7 Å². The Bertz CT molecular complexity index is 4180. The molecule has 12 aromatic rings. The molecule has 12 rings (SSSR count). The first kappa shape index (κ1) is 68.1. The first-order chi connectivity index (χ1) is 42.3. The maximum absolute atomic E-state index is 14.6. The number of hydrogen-bond donors (Lipinski definition) is 0. The van der Waals surface area contributed by atoms with Gasteiger partial charge in [-0.15, -0.1) is 0 Å². The number of benzene rings is 8. The molecule has 0 aliphatic rings. The number of nitroso groups, excluding NO2 is 2. The van der Waals surface area contributed by atoms with Gasteiger partial charge in [0.05, 0.1) is 11.4 Å². The summed E-state index contributed by atoms with van der Waals surface area (Å²) in [5.41, 5.74) is 11.6. The van der Waals surface area contributed by atoms with Crippen LogP contribution >= 0.6 is 0 Å². The van der Waals surface area contributed by atoms with Gasteiger partial charge in [0.1, 0.15) is 0 Å². The van der Waals surface area contributed by atoms with E-state index in [0.717, 1.165) is 109 Å². The summed E-state index contributed by atoms with van der Waals surface area (Å²) in [6.45, 7) is 49.3. The number of hydrogen-bond acceptors (Lipinski definition) is 6. The molecule has 4 aromatic heterocycles. The molecular formula is C80H100N8O4. The molecule has 0 saturated heterocycles. The second-order valence-electron chi connectivity index (χ2n) is 33.2. The van der Waals surface area contributed by atoms with Crippen molar-refractivity contribution < 1.29 is 9.52 Å². The standard InChI is InChI=1S/C80H100N8O4/c1-73(2,3)53-39-65(49-69(43-53)85(89)77(13,14)15)81-57-31-33-58(34-32-57)83(67-41-55(75(7,8)9)45-71(51-67)87(91)79(19,20)21)63-29-26-30-64(48-63)84(68-42-56(76(10,11)12)46-72(52-68)88(92)80(22,23)24)60-37-35-59(36-38-60)82(62-28-25-27-61(81)47-62)66-40-54(74(4,5)6)44-70(50-66)86(90)78(16,17)18/h25-52H,1-24H3. The van der Waals surface area contributed by atoms with E-state index in [1.165, 1.54) is 0 Å². The highest BCUT2D eigenvalue weighted by molar-refractivity contribution is 5.79. The molecule has 12 heteroatoms. The third-order valence-corrected chi connectivity index (χ3v) is 16.9. The first-order valence-electron chi connectivity index (χ1n) is 32.4. The molecule has 0 radical (unpaired) electrons. The zero-order chi connectivity index (χ0) is 68.0. The zero-order valence-corrected chi connectivity index (χ0v) is 59.4. The highest BCUT2D eigenvalue weighted by atomic mass is 16.5. The van der Waals surface area contributed by atoms with E-state index >= 15 is 0 Å². The van der Waals surface area contributed by atoms with Gasteiger partial charge in [-0.2, -0.15) is 0 Å². The minimum absolute atomic E-state index is 0.342. The van der Waals surface area contributed by atoms with Crippen LogP contribution in [0, 0.1) is 20.2 Å². The first-order valence-corrected chi connectivity index (χ1v) is 32.4. The van der Waals surface area contributed by atoms with Gasteiger partial charge >= 0.3 is 0 Å². The Labute approximate surface area is 547 Å². The van der Waals surface area contributed by atoms with Gasteiger partial charge < -0.3 is 38.8 Å². The molecule has 0 unspecified atom stereocenters. The maximum Gasteiger partial charge on any atom is 0.259 e. The van der Waals surface area contributed by atoms with Crippen molar-refractivity contribution in [3.8, 4) is 22.7 Å². The molecule has 0 aliphatic carbocycles. The summed E-state index contributed by atoms with van der Waals surface area (Å²) in [6, 6.07) is 58.9. The Hall–Kier alpha value is -8.32. The fraction of sp³-hybridized carbons (Fsp3) is 0.400. The number of nitrogens with zero attached hydrogens (tertiary/aromatic N) is 8. The van der Waals surface area contributed by atoms with Crippen molar-refractivity contribution in [2.24, 2.45) is 0 Å². The van der Waals surface area contributed by atoms with Crippen LogP contribution in [0.2, 0.25) is 0 Å². The van der Waals surface area contributed by atoms with Crippen LogP contribution in [0.5, 0.6) is 0 Å². The van der Waals surface area contributed by atoms with Gasteiger partial charge in [-0.1, -0.05) is 95.2 Å². The molecule has 8 bridgehead atoms. The van der Waals surface area contributed by atoms with Gasteiger partial charge in [-0.25, -0.2) is 0 Å². The predicted octanol–water partition coefficient (Wildman–Crippen LogP) is 22.1. The quantitative estimate of drug-likeness (QED) is 0.111. The second-order valence-corrected chi connectivity index (χ2v) is 33.2. The van der Waals surface area contributed by atoms with E-state index in [1.807, 2.05) is 132 Å². The van der Waals surface area contributed by atoms with E-state index in [-0.39, 0.29) is 21.7 Å². The predicted molar refractivity (Wildman–Crippen MR) is 390 cm³/mol. The monoisotopic (exact) mass is 1240 g/mol. The molecule has 0 N–H and O–H groups in total. The Balaban J connectivity index is 1.58. The van der Waals surface area contributed by atoms with Crippen molar-refractivity contribution in [3.05, 3.63) is 212 Å². The van der Waals surface area contributed by atoms with Crippen LogP contribution < -0.4 is 10.1 Å². The van der Waals surface area contributed by atoms with Gasteiger partial charge in [0.15, 0.2) is 0 Å². The van der Waals surface area contributed by atoms with Gasteiger partial charge in [0.2, 0.25) is 11.1 Å². The summed E-state index contributed by atoms with van der Waals surface area (Å²) in [7, 11) is 0. The number of aromatic nitrogens is 4. The molecule has 0 saturated carbocycles. The normalized spacial score (nSPS) is 13.0. The van der Waals surface area contributed by atoms with E-state index in [9.17, 15) is 20.2 Å². The van der Waals surface area contributed by atoms with E-state index in [0.29, 0.717) is 22.7 Å². The lowest BCUT2D eigenvalue weighted by Gasteiger charge is -2.44. The second kappa shape index (κ2) is 24.0. The molecule has 0 aliphatic heterocycles. The SMILES string of the molecule is CC(C)(C)c1cc(N([O-])C(C)(C)C)cc(-n2c3ccc(cc3)n(-c3cc(N([O-])C(C)(C)C)cc(C(C)(C)C)c3)c3cccc(c3)n(-c3cc([N+](=O)C(C)(C)C)cc(C(C)(C)C)c3)c3ccc(cc3)n(-c3cc([N+](=O)C(C)(C)C)cc(C(C)(C)C)c3)c3cccc2c3)c1. The lowest BCUT2D eigenvalue weighted by Crippen LogP contribution is -2.36. The largest absolute Gasteiger partial charge is 0.758 e. The Morgan fingerprint density at radius 3 is 0.728 bits per heavy atom. The number of hydroxylamine groups is 2. The third-order valence-electron chi connectivity index (χ3n) is 16.9. The average Bonchev–Trinajstić information content (AvgIpc) is 0.805. The van der Waals surface area contributed by atoms with Gasteiger partial charge in [-0.05, 0) is 219 Å². The van der Waals surface area contributed by atoms with Crippen molar-refractivity contribution in [1.29, 1.82) is 0 Å². The molecule has 484 valence electrons. The van der Waals surface area contributed by atoms with Crippen LogP contribution in [0.25, 0.3) is 66.9 Å². The van der Waals surface area contributed by atoms with E-state index < -0.39 is 22.2 Å².